The van der Waals surface area contributed by atoms with Gasteiger partial charge in [-0.05, 0) is 18.4 Å². The van der Waals surface area contributed by atoms with E-state index in [4.69, 9.17) is 0 Å². The second-order valence-electron chi connectivity index (χ2n) is 5.42. The molecule has 0 atom stereocenters. The van der Waals surface area contributed by atoms with Crippen LogP contribution < -0.4 is 5.32 Å². The van der Waals surface area contributed by atoms with Gasteiger partial charge in [0.15, 0.2) is 0 Å². The molecule has 0 aliphatic carbocycles. The van der Waals surface area contributed by atoms with Crippen molar-refractivity contribution in [2.24, 2.45) is 5.92 Å². The number of amides is 2. The molecule has 0 saturated heterocycles. The molecule has 4 heteroatoms. The van der Waals surface area contributed by atoms with Gasteiger partial charge in [-0.2, -0.15) is 0 Å². The highest BCUT2D eigenvalue weighted by Gasteiger charge is 2.31. The first-order chi connectivity index (χ1) is 9.50. The highest BCUT2D eigenvalue weighted by Crippen LogP contribution is 2.30. The first-order valence-electron chi connectivity index (χ1n) is 6.87. The normalized spacial score (nSPS) is 13.8. The van der Waals surface area contributed by atoms with Crippen molar-refractivity contribution in [3.63, 3.8) is 0 Å². The summed E-state index contributed by atoms with van der Waals surface area (Å²) in [7, 11) is 0. The Morgan fingerprint density at radius 3 is 2.55 bits per heavy atom. The van der Waals surface area contributed by atoms with Crippen LogP contribution in [-0.4, -0.2) is 29.8 Å². The van der Waals surface area contributed by atoms with E-state index in [1.54, 1.807) is 6.07 Å². The topological polar surface area (TPSA) is 49.4 Å². The molecule has 1 aliphatic heterocycles. The zero-order chi connectivity index (χ0) is 14.7. The Morgan fingerprint density at radius 2 is 1.95 bits per heavy atom. The van der Waals surface area contributed by atoms with Gasteiger partial charge in [-0.15, -0.1) is 0 Å². The van der Waals surface area contributed by atoms with Crippen molar-refractivity contribution in [1.29, 1.82) is 0 Å². The second kappa shape index (κ2) is 5.90. The Bertz CT molecular complexity index is 514. The number of hydrogen-bond acceptors (Lipinski definition) is 2. The number of rotatable bonds is 5. The Balaban J connectivity index is 1.97. The molecule has 0 unspecified atom stereocenters. The average molecular weight is 272 g/mol. The number of carbonyl (C=O) groups is 2. The van der Waals surface area contributed by atoms with Crippen LogP contribution in [0.4, 0.5) is 0 Å². The molecule has 0 saturated carbocycles. The number of nitrogens with one attached hydrogen (secondary N) is 1. The number of nitrogens with zero attached hydrogens (tertiary/aromatic N) is 1. The van der Waals surface area contributed by atoms with Gasteiger partial charge in [-0.3, -0.25) is 14.5 Å². The maximum Gasteiger partial charge on any atom is 0.259 e. The first-order valence-corrected chi connectivity index (χ1v) is 6.87. The quantitative estimate of drug-likeness (QED) is 0.894. The van der Waals surface area contributed by atoms with Gasteiger partial charge in [0, 0.05) is 23.4 Å². The van der Waals surface area contributed by atoms with Crippen molar-refractivity contribution in [2.75, 3.05) is 13.1 Å². The third-order valence-corrected chi connectivity index (χ3v) is 3.38. The van der Waals surface area contributed by atoms with Gasteiger partial charge in [0.25, 0.3) is 5.91 Å². The van der Waals surface area contributed by atoms with Gasteiger partial charge in [0.05, 0.1) is 0 Å². The van der Waals surface area contributed by atoms with Crippen molar-refractivity contribution in [3.05, 3.63) is 42.0 Å². The van der Waals surface area contributed by atoms with E-state index < -0.39 is 0 Å². The van der Waals surface area contributed by atoms with Crippen LogP contribution >= 0.6 is 0 Å². The highest BCUT2D eigenvalue weighted by molar-refractivity contribution is 6.10. The SMILES string of the molecule is C=C1c2ccccc2C(=O)N1CC(=O)NCCC(C)C. The summed E-state index contributed by atoms with van der Waals surface area (Å²) in [6, 6.07) is 7.30. The molecule has 1 aromatic carbocycles. The fourth-order valence-corrected chi connectivity index (χ4v) is 2.20. The standard InChI is InChI=1S/C16H20N2O2/c1-11(2)8-9-17-15(19)10-18-12(3)13-6-4-5-7-14(13)16(18)20/h4-7,11H,3,8-10H2,1-2H3,(H,17,19). The summed E-state index contributed by atoms with van der Waals surface area (Å²) in [6.45, 7) is 8.79. The molecule has 1 aromatic rings. The zero-order valence-electron chi connectivity index (χ0n) is 12.0. The lowest BCUT2D eigenvalue weighted by Gasteiger charge is -2.17. The molecule has 106 valence electrons. The molecule has 0 aromatic heterocycles. The van der Waals surface area contributed by atoms with E-state index in [2.05, 4.69) is 25.7 Å². The van der Waals surface area contributed by atoms with E-state index in [9.17, 15) is 9.59 Å². The maximum atomic E-state index is 12.2. The molecule has 1 N–H and O–H groups in total. The monoisotopic (exact) mass is 272 g/mol. The molecular weight excluding hydrogens is 252 g/mol. The van der Waals surface area contributed by atoms with Crippen molar-refractivity contribution >= 4 is 17.5 Å². The summed E-state index contributed by atoms with van der Waals surface area (Å²) in [5.41, 5.74) is 2.03. The van der Waals surface area contributed by atoms with Crippen molar-refractivity contribution in [1.82, 2.24) is 10.2 Å². The van der Waals surface area contributed by atoms with Crippen LogP contribution in [0.3, 0.4) is 0 Å². The second-order valence-corrected chi connectivity index (χ2v) is 5.42. The summed E-state index contributed by atoms with van der Waals surface area (Å²) in [5.74, 6) is 0.250. The first kappa shape index (κ1) is 14.3. The molecule has 0 fully saturated rings. The molecule has 1 aliphatic rings. The summed E-state index contributed by atoms with van der Waals surface area (Å²) in [6.07, 6.45) is 0.931. The van der Waals surface area contributed by atoms with Crippen LogP contribution in [0.15, 0.2) is 30.8 Å². The fourth-order valence-electron chi connectivity index (χ4n) is 2.20. The van der Waals surface area contributed by atoms with Gasteiger partial charge in [-0.25, -0.2) is 0 Å². The Labute approximate surface area is 119 Å². The van der Waals surface area contributed by atoms with Gasteiger partial charge < -0.3 is 5.32 Å². The molecular formula is C16H20N2O2. The Kier molecular flexibility index (Phi) is 4.23. The van der Waals surface area contributed by atoms with Crippen molar-refractivity contribution < 1.29 is 9.59 Å². The van der Waals surface area contributed by atoms with Gasteiger partial charge in [-0.1, -0.05) is 38.6 Å². The van der Waals surface area contributed by atoms with E-state index in [-0.39, 0.29) is 18.4 Å². The van der Waals surface area contributed by atoms with Crippen LogP contribution in [0.2, 0.25) is 0 Å². The molecule has 0 radical (unpaired) electrons. The van der Waals surface area contributed by atoms with E-state index in [1.807, 2.05) is 18.2 Å². The third-order valence-electron chi connectivity index (χ3n) is 3.38. The largest absolute Gasteiger partial charge is 0.355 e. The van der Waals surface area contributed by atoms with Crippen LogP contribution in [-0.2, 0) is 4.79 Å². The minimum atomic E-state index is -0.149. The maximum absolute atomic E-state index is 12.2. The van der Waals surface area contributed by atoms with Crippen LogP contribution in [0.1, 0.15) is 36.2 Å². The summed E-state index contributed by atoms with van der Waals surface area (Å²) in [4.78, 5) is 25.5. The van der Waals surface area contributed by atoms with Gasteiger partial charge >= 0.3 is 0 Å². The van der Waals surface area contributed by atoms with E-state index in [1.165, 1.54) is 4.90 Å². The predicted molar refractivity (Wildman–Crippen MR) is 79.0 cm³/mol. The molecule has 20 heavy (non-hydrogen) atoms. The average Bonchev–Trinajstić information content (AvgIpc) is 2.64. The summed E-state index contributed by atoms with van der Waals surface area (Å²) >= 11 is 0. The summed E-state index contributed by atoms with van der Waals surface area (Å²) < 4.78 is 0. The van der Waals surface area contributed by atoms with E-state index in [0.717, 1.165) is 12.0 Å². The van der Waals surface area contributed by atoms with Crippen LogP contribution in [0, 0.1) is 5.92 Å². The number of benzene rings is 1. The Hall–Kier alpha value is -2.10. The van der Waals surface area contributed by atoms with Crippen LogP contribution in [0.5, 0.6) is 0 Å². The van der Waals surface area contributed by atoms with Gasteiger partial charge in [0.2, 0.25) is 5.91 Å². The molecule has 2 rings (SSSR count). The number of fused-ring (bicyclic) bond motifs is 1. The number of hydrogen-bond donors (Lipinski definition) is 1. The van der Waals surface area contributed by atoms with Gasteiger partial charge in [0.1, 0.15) is 6.54 Å². The fraction of sp³-hybridized carbons (Fsp3) is 0.375. The van der Waals surface area contributed by atoms with Crippen LogP contribution in [0.25, 0.3) is 5.70 Å². The lowest BCUT2D eigenvalue weighted by molar-refractivity contribution is -0.121. The molecule has 0 bridgehead atoms. The molecule has 4 nitrogen and oxygen atoms in total. The van der Waals surface area contributed by atoms with Crippen molar-refractivity contribution in [3.8, 4) is 0 Å². The van der Waals surface area contributed by atoms with Crippen molar-refractivity contribution in [2.45, 2.75) is 20.3 Å². The lowest BCUT2D eigenvalue weighted by atomic mass is 10.1. The third kappa shape index (κ3) is 2.90. The zero-order valence-corrected chi connectivity index (χ0v) is 12.0. The minimum Gasteiger partial charge on any atom is -0.355 e. The minimum absolute atomic E-state index is 0.0322. The predicted octanol–water partition coefficient (Wildman–Crippen LogP) is 2.28. The highest BCUT2D eigenvalue weighted by atomic mass is 16.2. The van der Waals surface area contributed by atoms with E-state index >= 15 is 0 Å². The lowest BCUT2D eigenvalue weighted by Crippen LogP contribution is -2.37. The molecule has 2 amide bonds. The summed E-state index contributed by atoms with van der Waals surface area (Å²) in [5, 5.41) is 2.83. The Morgan fingerprint density at radius 1 is 1.30 bits per heavy atom. The number of carbonyl (C=O) groups excluding carboxylic acids is 2. The van der Waals surface area contributed by atoms with E-state index in [0.29, 0.717) is 23.7 Å². The molecule has 0 spiro atoms. The molecule has 1 heterocycles. The smallest absolute Gasteiger partial charge is 0.259 e.